The third-order valence-electron chi connectivity index (χ3n) is 2.71. The SMILES string of the molecule is Cn1c(CC(N)C(=O)O)cc2ncc(F)cc21. The van der Waals surface area contributed by atoms with Crippen molar-refractivity contribution in [3.05, 3.63) is 29.8 Å². The summed E-state index contributed by atoms with van der Waals surface area (Å²) < 4.78 is 14.7. The molecule has 0 aliphatic heterocycles. The lowest BCUT2D eigenvalue weighted by atomic mass is 10.2. The van der Waals surface area contributed by atoms with Gasteiger partial charge in [0.2, 0.25) is 0 Å². The summed E-state index contributed by atoms with van der Waals surface area (Å²) in [5.74, 6) is -1.48. The average Bonchev–Trinajstić information content (AvgIpc) is 2.56. The number of fused-ring (bicyclic) bond motifs is 1. The largest absolute Gasteiger partial charge is 0.480 e. The van der Waals surface area contributed by atoms with Crippen molar-refractivity contribution >= 4 is 17.0 Å². The van der Waals surface area contributed by atoms with E-state index in [9.17, 15) is 9.18 Å². The number of nitrogens with zero attached hydrogens (tertiary/aromatic N) is 2. The van der Waals surface area contributed by atoms with Crippen molar-refractivity contribution in [2.75, 3.05) is 0 Å². The monoisotopic (exact) mass is 237 g/mol. The molecule has 1 atom stereocenters. The van der Waals surface area contributed by atoms with Gasteiger partial charge in [-0.2, -0.15) is 0 Å². The minimum absolute atomic E-state index is 0.184. The Bertz CT molecular complexity index is 579. The highest BCUT2D eigenvalue weighted by Crippen LogP contribution is 2.18. The molecule has 5 nitrogen and oxygen atoms in total. The summed E-state index contributed by atoms with van der Waals surface area (Å²) in [5, 5.41) is 8.74. The van der Waals surface area contributed by atoms with E-state index in [2.05, 4.69) is 4.98 Å². The molecule has 0 spiro atoms. The van der Waals surface area contributed by atoms with Crippen molar-refractivity contribution in [2.24, 2.45) is 12.8 Å². The van der Waals surface area contributed by atoms with Crippen LogP contribution in [-0.2, 0) is 18.3 Å². The van der Waals surface area contributed by atoms with Gasteiger partial charge in [-0.05, 0) is 6.07 Å². The van der Waals surface area contributed by atoms with Crippen LogP contribution in [0.1, 0.15) is 5.69 Å². The molecule has 0 saturated carbocycles. The lowest BCUT2D eigenvalue weighted by molar-refractivity contribution is -0.138. The van der Waals surface area contributed by atoms with Gasteiger partial charge in [0.25, 0.3) is 0 Å². The first-order valence-corrected chi connectivity index (χ1v) is 5.07. The molecule has 0 radical (unpaired) electrons. The molecule has 0 saturated heterocycles. The number of aliphatic carboxylic acids is 1. The summed E-state index contributed by atoms with van der Waals surface area (Å²) in [4.78, 5) is 14.6. The Balaban J connectivity index is 2.42. The summed E-state index contributed by atoms with van der Waals surface area (Å²) in [6, 6.07) is 2.11. The maximum Gasteiger partial charge on any atom is 0.320 e. The maximum atomic E-state index is 13.0. The van der Waals surface area contributed by atoms with Gasteiger partial charge in [-0.3, -0.25) is 9.78 Å². The first-order valence-electron chi connectivity index (χ1n) is 5.07. The predicted molar refractivity (Wildman–Crippen MR) is 60.0 cm³/mol. The number of halogens is 1. The van der Waals surface area contributed by atoms with Crippen molar-refractivity contribution in [3.63, 3.8) is 0 Å². The molecule has 0 aliphatic rings. The van der Waals surface area contributed by atoms with Crippen LogP contribution in [0.4, 0.5) is 4.39 Å². The first kappa shape index (κ1) is 11.5. The second-order valence-corrected chi connectivity index (χ2v) is 3.90. The van der Waals surface area contributed by atoms with Crippen molar-refractivity contribution < 1.29 is 14.3 Å². The average molecular weight is 237 g/mol. The first-order chi connectivity index (χ1) is 7.99. The molecule has 6 heteroatoms. The van der Waals surface area contributed by atoms with Crippen molar-refractivity contribution in [2.45, 2.75) is 12.5 Å². The van der Waals surface area contributed by atoms with Gasteiger partial charge in [0, 0.05) is 25.2 Å². The molecule has 2 heterocycles. The Kier molecular flexibility index (Phi) is 2.81. The number of carboxylic acid groups (broad SMARTS) is 1. The summed E-state index contributed by atoms with van der Waals surface area (Å²) >= 11 is 0. The van der Waals surface area contributed by atoms with Crippen LogP contribution in [0, 0.1) is 5.82 Å². The maximum absolute atomic E-state index is 13.0. The van der Waals surface area contributed by atoms with E-state index in [1.165, 1.54) is 6.07 Å². The molecule has 0 fully saturated rings. The minimum atomic E-state index is -1.06. The van der Waals surface area contributed by atoms with Crippen LogP contribution in [0.15, 0.2) is 18.3 Å². The number of hydrogen-bond donors (Lipinski definition) is 2. The number of carboxylic acids is 1. The highest BCUT2D eigenvalue weighted by atomic mass is 19.1. The molecule has 0 aliphatic carbocycles. The highest BCUT2D eigenvalue weighted by molar-refractivity contribution is 5.78. The van der Waals surface area contributed by atoms with Crippen molar-refractivity contribution in [3.8, 4) is 0 Å². The van der Waals surface area contributed by atoms with Crippen LogP contribution >= 0.6 is 0 Å². The normalized spacial score (nSPS) is 12.9. The Morgan fingerprint density at radius 1 is 1.65 bits per heavy atom. The Morgan fingerprint density at radius 2 is 2.35 bits per heavy atom. The lowest BCUT2D eigenvalue weighted by Crippen LogP contribution is -2.32. The number of aryl methyl sites for hydroxylation is 1. The summed E-state index contributed by atoms with van der Waals surface area (Å²) in [6.07, 6.45) is 1.31. The molecular weight excluding hydrogens is 225 g/mol. The number of hydrogen-bond acceptors (Lipinski definition) is 3. The number of pyridine rings is 1. The quantitative estimate of drug-likeness (QED) is 0.822. The van der Waals surface area contributed by atoms with Crippen LogP contribution < -0.4 is 5.73 Å². The smallest absolute Gasteiger partial charge is 0.320 e. The molecule has 2 aromatic rings. The fourth-order valence-corrected chi connectivity index (χ4v) is 1.74. The van der Waals surface area contributed by atoms with E-state index in [1.54, 1.807) is 17.7 Å². The predicted octanol–water partition coefficient (Wildman–Crippen LogP) is 0.667. The summed E-state index contributed by atoms with van der Waals surface area (Å²) in [6.45, 7) is 0. The van der Waals surface area contributed by atoms with Gasteiger partial charge in [-0.15, -0.1) is 0 Å². The molecule has 0 amide bonds. The standard InChI is InChI=1S/C11H12FN3O2/c1-15-7(3-8(13)11(16)17)4-9-10(15)2-6(12)5-14-9/h2,4-5,8H,3,13H2,1H3,(H,16,17). The molecule has 90 valence electrons. The lowest BCUT2D eigenvalue weighted by Gasteiger charge is -2.07. The van der Waals surface area contributed by atoms with Crippen LogP contribution in [-0.4, -0.2) is 26.7 Å². The minimum Gasteiger partial charge on any atom is -0.480 e. The Labute approximate surface area is 96.7 Å². The number of aromatic nitrogens is 2. The molecular formula is C11H12FN3O2. The van der Waals surface area contributed by atoms with Gasteiger partial charge < -0.3 is 15.4 Å². The number of nitrogens with two attached hydrogens (primary N) is 1. The summed E-state index contributed by atoms with van der Waals surface area (Å²) in [7, 11) is 1.73. The van der Waals surface area contributed by atoms with Crippen LogP contribution in [0.2, 0.25) is 0 Å². The molecule has 1 unspecified atom stereocenters. The molecule has 2 aromatic heterocycles. The van der Waals surface area contributed by atoms with Crippen LogP contribution in [0.5, 0.6) is 0 Å². The van der Waals surface area contributed by atoms with Crippen LogP contribution in [0.3, 0.4) is 0 Å². The third-order valence-corrected chi connectivity index (χ3v) is 2.71. The fraction of sp³-hybridized carbons (Fsp3) is 0.273. The van der Waals surface area contributed by atoms with Gasteiger partial charge in [0.15, 0.2) is 0 Å². The molecule has 0 aromatic carbocycles. The van der Waals surface area contributed by atoms with Crippen molar-refractivity contribution in [1.29, 1.82) is 0 Å². The van der Waals surface area contributed by atoms with E-state index in [-0.39, 0.29) is 6.42 Å². The van der Waals surface area contributed by atoms with E-state index in [1.807, 2.05) is 0 Å². The molecule has 0 bridgehead atoms. The Morgan fingerprint density at radius 3 is 3.00 bits per heavy atom. The second kappa shape index (κ2) is 4.14. The zero-order valence-electron chi connectivity index (χ0n) is 9.22. The third kappa shape index (κ3) is 2.12. The molecule has 2 rings (SSSR count). The van der Waals surface area contributed by atoms with Gasteiger partial charge >= 0.3 is 5.97 Å². The number of carbonyl (C=O) groups is 1. The molecule has 17 heavy (non-hydrogen) atoms. The van der Waals surface area contributed by atoms with Gasteiger partial charge in [-0.25, -0.2) is 4.39 Å². The zero-order chi connectivity index (χ0) is 12.6. The van der Waals surface area contributed by atoms with Gasteiger partial charge in [-0.1, -0.05) is 0 Å². The van der Waals surface area contributed by atoms with Gasteiger partial charge in [0.1, 0.15) is 11.9 Å². The Hall–Kier alpha value is -1.95. The van der Waals surface area contributed by atoms with Gasteiger partial charge in [0.05, 0.1) is 17.2 Å². The van der Waals surface area contributed by atoms with E-state index >= 15 is 0 Å². The van der Waals surface area contributed by atoms with E-state index in [0.29, 0.717) is 16.7 Å². The van der Waals surface area contributed by atoms with Crippen LogP contribution in [0.25, 0.3) is 11.0 Å². The van der Waals surface area contributed by atoms with E-state index < -0.39 is 17.8 Å². The zero-order valence-corrected chi connectivity index (χ0v) is 9.22. The fourth-order valence-electron chi connectivity index (χ4n) is 1.74. The molecule has 3 N–H and O–H groups in total. The van der Waals surface area contributed by atoms with E-state index in [4.69, 9.17) is 10.8 Å². The van der Waals surface area contributed by atoms with Crippen molar-refractivity contribution in [1.82, 2.24) is 9.55 Å². The second-order valence-electron chi connectivity index (χ2n) is 3.90. The van der Waals surface area contributed by atoms with E-state index in [0.717, 1.165) is 6.20 Å². The number of rotatable bonds is 3. The summed E-state index contributed by atoms with van der Waals surface area (Å²) in [5.41, 5.74) is 7.43. The highest BCUT2D eigenvalue weighted by Gasteiger charge is 2.16. The topological polar surface area (TPSA) is 81.1 Å².